The molecule has 1 rings (SSSR count). The molecule has 4 nitrogen and oxygen atoms in total. The number of furan rings is 1. The highest BCUT2D eigenvalue weighted by atomic mass is 16.5. The fraction of sp³-hybridized carbons (Fsp3) is 0.583. The molecule has 0 aliphatic carbocycles. The highest BCUT2D eigenvalue weighted by Gasteiger charge is 2.15. The second-order valence-electron chi connectivity index (χ2n) is 3.90. The molecule has 0 spiro atoms. The lowest BCUT2D eigenvalue weighted by Crippen LogP contribution is -2.21. The third-order valence-electron chi connectivity index (χ3n) is 2.69. The molecule has 90 valence electrons. The molecule has 1 atom stereocenters. The Morgan fingerprint density at radius 2 is 2.31 bits per heavy atom. The van der Waals surface area contributed by atoms with E-state index in [1.807, 2.05) is 7.05 Å². The topological polar surface area (TPSA) is 51.5 Å². The molecule has 0 aromatic carbocycles. The summed E-state index contributed by atoms with van der Waals surface area (Å²) in [6, 6.07) is 2.20. The SMILES string of the molecule is CNC(C)CCc1cc(C(=O)OC)c(C)o1. The van der Waals surface area contributed by atoms with Gasteiger partial charge in [-0.1, -0.05) is 0 Å². The smallest absolute Gasteiger partial charge is 0.341 e. The summed E-state index contributed by atoms with van der Waals surface area (Å²) in [5, 5.41) is 3.16. The Morgan fingerprint density at radius 3 is 2.88 bits per heavy atom. The number of hydrogen-bond donors (Lipinski definition) is 1. The first-order valence-electron chi connectivity index (χ1n) is 5.43. The second-order valence-corrected chi connectivity index (χ2v) is 3.90. The standard InChI is InChI=1S/C12H19NO3/c1-8(13-3)5-6-10-7-11(9(2)16-10)12(14)15-4/h7-8,13H,5-6H2,1-4H3. The number of aryl methyl sites for hydroxylation is 2. The maximum absolute atomic E-state index is 11.3. The van der Waals surface area contributed by atoms with Crippen LogP contribution in [0.2, 0.25) is 0 Å². The van der Waals surface area contributed by atoms with E-state index in [-0.39, 0.29) is 5.97 Å². The summed E-state index contributed by atoms with van der Waals surface area (Å²) in [5.74, 6) is 1.12. The normalized spacial score (nSPS) is 12.5. The van der Waals surface area contributed by atoms with Gasteiger partial charge in [0.15, 0.2) is 0 Å². The van der Waals surface area contributed by atoms with Crippen molar-refractivity contribution in [2.45, 2.75) is 32.7 Å². The molecule has 0 fully saturated rings. The molecule has 1 aromatic rings. The van der Waals surface area contributed by atoms with Gasteiger partial charge in [0.2, 0.25) is 0 Å². The molecule has 1 aromatic heterocycles. The monoisotopic (exact) mass is 225 g/mol. The zero-order valence-electron chi connectivity index (χ0n) is 10.3. The molecule has 0 saturated heterocycles. The summed E-state index contributed by atoms with van der Waals surface area (Å²) in [6.45, 7) is 3.88. The zero-order chi connectivity index (χ0) is 12.1. The maximum atomic E-state index is 11.3. The van der Waals surface area contributed by atoms with Gasteiger partial charge in [-0.25, -0.2) is 4.79 Å². The number of carbonyl (C=O) groups excluding carboxylic acids is 1. The van der Waals surface area contributed by atoms with Crippen molar-refractivity contribution in [1.29, 1.82) is 0 Å². The van der Waals surface area contributed by atoms with Gasteiger partial charge in [0.25, 0.3) is 0 Å². The quantitative estimate of drug-likeness (QED) is 0.778. The van der Waals surface area contributed by atoms with Gasteiger partial charge in [0.05, 0.1) is 7.11 Å². The lowest BCUT2D eigenvalue weighted by molar-refractivity contribution is 0.0599. The first kappa shape index (κ1) is 12.8. The van der Waals surface area contributed by atoms with Crippen LogP contribution in [0.4, 0.5) is 0 Å². The average molecular weight is 225 g/mol. The van der Waals surface area contributed by atoms with E-state index < -0.39 is 0 Å². The van der Waals surface area contributed by atoms with E-state index in [0.29, 0.717) is 17.4 Å². The number of methoxy groups -OCH3 is 1. The fourth-order valence-corrected chi connectivity index (χ4v) is 1.48. The Labute approximate surface area is 96.0 Å². The minimum absolute atomic E-state index is 0.339. The minimum Gasteiger partial charge on any atom is -0.465 e. The summed E-state index contributed by atoms with van der Waals surface area (Å²) < 4.78 is 10.2. The Balaban J connectivity index is 2.66. The Hall–Kier alpha value is -1.29. The summed E-state index contributed by atoms with van der Waals surface area (Å²) >= 11 is 0. The lowest BCUT2D eigenvalue weighted by atomic mass is 10.1. The zero-order valence-corrected chi connectivity index (χ0v) is 10.3. The van der Waals surface area contributed by atoms with Gasteiger partial charge in [-0.05, 0) is 33.4 Å². The van der Waals surface area contributed by atoms with Gasteiger partial charge in [0.1, 0.15) is 17.1 Å². The number of esters is 1. The largest absolute Gasteiger partial charge is 0.465 e. The summed E-state index contributed by atoms with van der Waals surface area (Å²) in [4.78, 5) is 11.3. The van der Waals surface area contributed by atoms with Crippen LogP contribution < -0.4 is 5.32 Å². The number of carbonyl (C=O) groups is 1. The molecule has 1 unspecified atom stereocenters. The third-order valence-corrected chi connectivity index (χ3v) is 2.69. The predicted octanol–water partition coefficient (Wildman–Crippen LogP) is 1.92. The van der Waals surface area contributed by atoms with Crippen LogP contribution >= 0.6 is 0 Å². The van der Waals surface area contributed by atoms with Crippen LogP contribution in [0.15, 0.2) is 10.5 Å². The van der Waals surface area contributed by atoms with E-state index in [0.717, 1.165) is 18.6 Å². The molecule has 0 aliphatic rings. The molecule has 16 heavy (non-hydrogen) atoms. The van der Waals surface area contributed by atoms with Crippen LogP contribution in [0.1, 0.15) is 35.2 Å². The van der Waals surface area contributed by atoms with E-state index in [1.54, 1.807) is 13.0 Å². The van der Waals surface area contributed by atoms with Crippen molar-refractivity contribution in [3.8, 4) is 0 Å². The molecular weight excluding hydrogens is 206 g/mol. The number of hydrogen-bond acceptors (Lipinski definition) is 4. The van der Waals surface area contributed by atoms with E-state index in [4.69, 9.17) is 4.42 Å². The van der Waals surface area contributed by atoms with Gasteiger partial charge in [-0.2, -0.15) is 0 Å². The maximum Gasteiger partial charge on any atom is 0.341 e. The van der Waals surface area contributed by atoms with Gasteiger partial charge in [-0.3, -0.25) is 0 Å². The number of rotatable bonds is 5. The number of nitrogens with one attached hydrogen (secondary N) is 1. The Kier molecular flexibility index (Phi) is 4.55. The molecule has 0 bridgehead atoms. The van der Waals surface area contributed by atoms with Crippen molar-refractivity contribution in [2.24, 2.45) is 0 Å². The summed E-state index contributed by atoms with van der Waals surface area (Å²) in [7, 11) is 3.30. The van der Waals surface area contributed by atoms with Crippen LogP contribution in [-0.4, -0.2) is 26.2 Å². The van der Waals surface area contributed by atoms with Crippen molar-refractivity contribution >= 4 is 5.97 Å². The Morgan fingerprint density at radius 1 is 1.62 bits per heavy atom. The molecule has 4 heteroatoms. The molecule has 0 aliphatic heterocycles. The van der Waals surface area contributed by atoms with Crippen LogP contribution in [0, 0.1) is 6.92 Å². The minimum atomic E-state index is -0.339. The first-order chi connectivity index (χ1) is 7.58. The molecule has 0 amide bonds. The molecule has 1 N–H and O–H groups in total. The Bertz CT molecular complexity index is 357. The number of ether oxygens (including phenoxy) is 1. The van der Waals surface area contributed by atoms with Crippen molar-refractivity contribution < 1.29 is 13.9 Å². The summed E-state index contributed by atoms with van der Waals surface area (Å²) in [5.41, 5.74) is 0.523. The van der Waals surface area contributed by atoms with Gasteiger partial charge in [-0.15, -0.1) is 0 Å². The third kappa shape index (κ3) is 3.10. The molecule has 0 radical (unpaired) electrons. The average Bonchev–Trinajstić information content (AvgIpc) is 2.66. The van der Waals surface area contributed by atoms with Gasteiger partial charge in [0, 0.05) is 12.5 Å². The lowest BCUT2D eigenvalue weighted by Gasteiger charge is -2.07. The highest BCUT2D eigenvalue weighted by molar-refractivity contribution is 5.90. The first-order valence-corrected chi connectivity index (χ1v) is 5.43. The van der Waals surface area contributed by atoms with Gasteiger partial charge < -0.3 is 14.5 Å². The summed E-state index contributed by atoms with van der Waals surface area (Å²) in [6.07, 6.45) is 1.80. The van der Waals surface area contributed by atoms with E-state index in [1.165, 1.54) is 7.11 Å². The van der Waals surface area contributed by atoms with Crippen molar-refractivity contribution in [2.75, 3.05) is 14.2 Å². The predicted molar refractivity (Wildman–Crippen MR) is 61.6 cm³/mol. The van der Waals surface area contributed by atoms with E-state index >= 15 is 0 Å². The van der Waals surface area contributed by atoms with Crippen molar-refractivity contribution in [1.82, 2.24) is 5.32 Å². The van der Waals surface area contributed by atoms with Crippen LogP contribution in [0.5, 0.6) is 0 Å². The highest BCUT2D eigenvalue weighted by Crippen LogP contribution is 2.17. The molecular formula is C12H19NO3. The van der Waals surface area contributed by atoms with Crippen molar-refractivity contribution in [3.63, 3.8) is 0 Å². The van der Waals surface area contributed by atoms with Crippen LogP contribution in [0.3, 0.4) is 0 Å². The van der Waals surface area contributed by atoms with Gasteiger partial charge >= 0.3 is 5.97 Å². The van der Waals surface area contributed by atoms with Crippen LogP contribution in [0.25, 0.3) is 0 Å². The molecule has 1 heterocycles. The van der Waals surface area contributed by atoms with E-state index in [9.17, 15) is 4.79 Å². The van der Waals surface area contributed by atoms with E-state index in [2.05, 4.69) is 17.0 Å². The second kappa shape index (κ2) is 5.70. The van der Waals surface area contributed by atoms with Crippen LogP contribution in [-0.2, 0) is 11.2 Å². The van der Waals surface area contributed by atoms with Crippen molar-refractivity contribution in [3.05, 3.63) is 23.2 Å². The fourth-order valence-electron chi connectivity index (χ4n) is 1.48. The molecule has 0 saturated carbocycles.